The van der Waals surface area contributed by atoms with Crippen LogP contribution in [0.5, 0.6) is 0 Å². The highest BCUT2D eigenvalue weighted by atomic mass is 19.2. The minimum atomic E-state index is -0.847. The van der Waals surface area contributed by atoms with E-state index in [-0.39, 0.29) is 23.0 Å². The van der Waals surface area contributed by atoms with Crippen LogP contribution in [0.3, 0.4) is 0 Å². The van der Waals surface area contributed by atoms with E-state index in [2.05, 4.69) is 6.92 Å². The van der Waals surface area contributed by atoms with Gasteiger partial charge in [0.2, 0.25) is 0 Å². The number of ether oxygens (including phenoxy) is 1. The van der Waals surface area contributed by atoms with Crippen LogP contribution in [-0.2, 0) is 24.0 Å². The van der Waals surface area contributed by atoms with E-state index in [1.54, 1.807) is 36.4 Å². The van der Waals surface area contributed by atoms with Crippen molar-refractivity contribution < 1.29 is 17.9 Å². The van der Waals surface area contributed by atoms with E-state index in [1.165, 1.54) is 0 Å². The maximum absolute atomic E-state index is 15.0. The standard InChI is InChI=1S/C30H25F3O/c1-2-19-5-10-22(11-6-19)24-15-16-25(30(33)29(24)32)23-12-7-20(8-13-23)3-4-21-9-14-26(27(31)17-21)28-18-34-28/h5-17,28H,2-4,18H2,1H3. The Labute approximate surface area is 197 Å². The second-order valence-corrected chi connectivity index (χ2v) is 8.71. The summed E-state index contributed by atoms with van der Waals surface area (Å²) in [5.74, 6) is -1.91. The van der Waals surface area contributed by atoms with E-state index < -0.39 is 11.6 Å². The molecule has 4 aromatic carbocycles. The van der Waals surface area contributed by atoms with E-state index in [0.717, 1.165) is 29.5 Å². The third-order valence-corrected chi connectivity index (χ3v) is 6.47. The Morgan fingerprint density at radius 2 is 1.18 bits per heavy atom. The fourth-order valence-electron chi connectivity index (χ4n) is 4.27. The van der Waals surface area contributed by atoms with Crippen molar-refractivity contribution in [2.75, 3.05) is 6.61 Å². The van der Waals surface area contributed by atoms with E-state index in [1.807, 2.05) is 42.5 Å². The normalized spacial score (nSPS) is 14.9. The topological polar surface area (TPSA) is 12.5 Å². The van der Waals surface area contributed by atoms with Gasteiger partial charge in [-0.25, -0.2) is 13.2 Å². The molecule has 1 unspecified atom stereocenters. The molecule has 0 amide bonds. The largest absolute Gasteiger partial charge is 0.368 e. The van der Waals surface area contributed by atoms with Crippen molar-refractivity contribution in [3.8, 4) is 22.3 Å². The average Bonchev–Trinajstić information content (AvgIpc) is 3.70. The van der Waals surface area contributed by atoms with Crippen LogP contribution < -0.4 is 0 Å². The Balaban J connectivity index is 1.30. The lowest BCUT2D eigenvalue weighted by Crippen LogP contribution is -1.96. The molecule has 0 aliphatic carbocycles. The van der Waals surface area contributed by atoms with Crippen molar-refractivity contribution in [2.45, 2.75) is 32.3 Å². The summed E-state index contributed by atoms with van der Waals surface area (Å²) in [7, 11) is 0. The van der Waals surface area contributed by atoms with Crippen molar-refractivity contribution >= 4 is 0 Å². The monoisotopic (exact) mass is 458 g/mol. The van der Waals surface area contributed by atoms with Gasteiger partial charge in [0.25, 0.3) is 0 Å². The molecule has 4 heteroatoms. The number of hydrogen-bond donors (Lipinski definition) is 0. The Kier molecular flexibility index (Phi) is 6.25. The Morgan fingerprint density at radius 1 is 0.676 bits per heavy atom. The first kappa shape index (κ1) is 22.4. The van der Waals surface area contributed by atoms with Crippen LogP contribution in [0.15, 0.2) is 78.9 Å². The maximum atomic E-state index is 15.0. The van der Waals surface area contributed by atoms with Gasteiger partial charge in [-0.2, -0.15) is 0 Å². The number of aryl methyl sites for hydroxylation is 3. The Morgan fingerprint density at radius 3 is 1.68 bits per heavy atom. The lowest BCUT2D eigenvalue weighted by Gasteiger charge is -2.11. The van der Waals surface area contributed by atoms with Crippen LogP contribution in [0.2, 0.25) is 0 Å². The predicted molar refractivity (Wildman–Crippen MR) is 129 cm³/mol. The zero-order valence-corrected chi connectivity index (χ0v) is 19.0. The third kappa shape index (κ3) is 4.64. The van der Waals surface area contributed by atoms with Gasteiger partial charge in [-0.1, -0.05) is 79.7 Å². The zero-order chi connectivity index (χ0) is 23.7. The molecule has 0 N–H and O–H groups in total. The molecule has 0 bridgehead atoms. The van der Waals surface area contributed by atoms with Crippen LogP contribution in [0, 0.1) is 17.5 Å². The molecule has 4 aromatic rings. The summed E-state index contributed by atoms with van der Waals surface area (Å²) in [5.41, 5.74) is 5.50. The lowest BCUT2D eigenvalue weighted by molar-refractivity contribution is 0.408. The van der Waals surface area contributed by atoms with Crippen molar-refractivity contribution in [1.29, 1.82) is 0 Å². The molecule has 0 aromatic heterocycles. The molecule has 34 heavy (non-hydrogen) atoms. The number of halogens is 3. The molecule has 1 aliphatic heterocycles. The maximum Gasteiger partial charge on any atom is 0.167 e. The van der Waals surface area contributed by atoms with Crippen LogP contribution >= 0.6 is 0 Å². The molecular formula is C30H25F3O. The van der Waals surface area contributed by atoms with Crippen LogP contribution in [0.25, 0.3) is 22.3 Å². The molecular weight excluding hydrogens is 433 g/mol. The summed E-state index contributed by atoms with van der Waals surface area (Å²) in [4.78, 5) is 0. The molecule has 1 saturated heterocycles. The van der Waals surface area contributed by atoms with E-state index in [9.17, 15) is 13.2 Å². The van der Waals surface area contributed by atoms with Gasteiger partial charge in [0.05, 0.1) is 6.61 Å². The fourth-order valence-corrected chi connectivity index (χ4v) is 4.27. The van der Waals surface area contributed by atoms with E-state index >= 15 is 0 Å². The molecule has 1 fully saturated rings. The van der Waals surface area contributed by atoms with Gasteiger partial charge in [-0.05, 0) is 53.1 Å². The second kappa shape index (κ2) is 9.47. The van der Waals surface area contributed by atoms with Crippen molar-refractivity contribution in [1.82, 2.24) is 0 Å². The summed E-state index contributed by atoms with van der Waals surface area (Å²) in [6, 6.07) is 23.5. The molecule has 1 nitrogen and oxygen atoms in total. The van der Waals surface area contributed by atoms with Crippen molar-refractivity contribution in [3.05, 3.63) is 119 Å². The van der Waals surface area contributed by atoms with Gasteiger partial charge in [0.1, 0.15) is 11.9 Å². The molecule has 0 saturated carbocycles. The first-order valence-corrected chi connectivity index (χ1v) is 11.6. The van der Waals surface area contributed by atoms with Gasteiger partial charge in [0.15, 0.2) is 11.6 Å². The van der Waals surface area contributed by atoms with E-state index in [0.29, 0.717) is 29.7 Å². The van der Waals surface area contributed by atoms with Gasteiger partial charge >= 0.3 is 0 Å². The highest BCUT2D eigenvalue weighted by Crippen LogP contribution is 2.33. The smallest absolute Gasteiger partial charge is 0.167 e. The number of epoxide rings is 1. The average molecular weight is 459 g/mol. The van der Waals surface area contributed by atoms with Crippen LogP contribution in [0.1, 0.15) is 35.3 Å². The Bertz CT molecular complexity index is 1310. The van der Waals surface area contributed by atoms with Crippen molar-refractivity contribution in [2.24, 2.45) is 0 Å². The summed E-state index contributed by atoms with van der Waals surface area (Å²) in [5, 5.41) is 0. The van der Waals surface area contributed by atoms with Crippen LogP contribution in [-0.4, -0.2) is 6.61 Å². The quantitative estimate of drug-likeness (QED) is 0.257. The molecule has 1 atom stereocenters. The summed E-state index contributed by atoms with van der Waals surface area (Å²) in [6.07, 6.45) is 2.21. The first-order valence-electron chi connectivity index (χ1n) is 11.6. The summed E-state index contributed by atoms with van der Waals surface area (Å²) < 4.78 is 49.2. The minimum Gasteiger partial charge on any atom is -0.368 e. The molecule has 172 valence electrons. The second-order valence-electron chi connectivity index (χ2n) is 8.71. The third-order valence-electron chi connectivity index (χ3n) is 6.47. The van der Waals surface area contributed by atoms with Crippen molar-refractivity contribution in [3.63, 3.8) is 0 Å². The van der Waals surface area contributed by atoms with Gasteiger partial charge in [0, 0.05) is 16.7 Å². The predicted octanol–water partition coefficient (Wildman–Crippen LogP) is 7.86. The fraction of sp³-hybridized carbons (Fsp3) is 0.200. The number of rotatable bonds is 7. The highest BCUT2D eigenvalue weighted by molar-refractivity contribution is 5.72. The Hall–Kier alpha value is -3.37. The molecule has 1 aliphatic rings. The van der Waals surface area contributed by atoms with Gasteiger partial charge < -0.3 is 4.74 Å². The zero-order valence-electron chi connectivity index (χ0n) is 19.0. The van der Waals surface area contributed by atoms with Gasteiger partial charge in [-0.15, -0.1) is 0 Å². The SMILES string of the molecule is CCc1ccc(-c2ccc(-c3ccc(CCc4ccc(C5CO5)c(F)c4)cc3)c(F)c2F)cc1. The lowest BCUT2D eigenvalue weighted by atomic mass is 9.96. The summed E-state index contributed by atoms with van der Waals surface area (Å²) in [6.45, 7) is 2.64. The number of benzene rings is 4. The van der Waals surface area contributed by atoms with Crippen LogP contribution in [0.4, 0.5) is 13.2 Å². The first-order chi connectivity index (χ1) is 16.5. The molecule has 1 heterocycles. The molecule has 0 spiro atoms. The van der Waals surface area contributed by atoms with Gasteiger partial charge in [-0.3, -0.25) is 0 Å². The van der Waals surface area contributed by atoms with E-state index in [4.69, 9.17) is 4.74 Å². The molecule has 5 rings (SSSR count). The minimum absolute atomic E-state index is 0.0949. The summed E-state index contributed by atoms with van der Waals surface area (Å²) >= 11 is 0. The molecule has 0 radical (unpaired) electrons. The highest BCUT2D eigenvalue weighted by Gasteiger charge is 2.27. The number of hydrogen-bond acceptors (Lipinski definition) is 1.